The Morgan fingerprint density at radius 3 is 2.67 bits per heavy atom. The van der Waals surface area contributed by atoms with E-state index in [0.717, 1.165) is 19.6 Å². The molecule has 152 valence electrons. The summed E-state index contributed by atoms with van der Waals surface area (Å²) in [7, 11) is 1.83. The maximum absolute atomic E-state index is 11.6. The number of halogens is 3. The third-order valence-electron chi connectivity index (χ3n) is 4.08. The van der Waals surface area contributed by atoms with E-state index in [0.29, 0.717) is 19.8 Å². The second-order valence-electron chi connectivity index (χ2n) is 6.37. The first-order valence-corrected chi connectivity index (χ1v) is 9.00. The lowest BCUT2D eigenvalue weighted by Gasteiger charge is -2.41. The van der Waals surface area contributed by atoms with Crippen molar-refractivity contribution in [1.82, 2.24) is 9.80 Å². The summed E-state index contributed by atoms with van der Waals surface area (Å²) in [6.07, 6.45) is -5.08. The molecule has 2 saturated heterocycles. The van der Waals surface area contributed by atoms with E-state index in [9.17, 15) is 18.0 Å². The summed E-state index contributed by atoms with van der Waals surface area (Å²) < 4.78 is 43.3. The number of thiophene rings is 1. The van der Waals surface area contributed by atoms with Gasteiger partial charge >= 0.3 is 12.1 Å². The van der Waals surface area contributed by atoms with Crippen LogP contribution in [-0.2, 0) is 25.6 Å². The summed E-state index contributed by atoms with van der Waals surface area (Å²) in [6, 6.07) is 4.23. The SMILES string of the molecule is CN1CC2(COCCN(Cc3cccs3)C2)OCC1=O.O=C(O)C(F)(F)F. The molecule has 3 heterocycles. The molecule has 11 heteroatoms. The zero-order valence-electron chi connectivity index (χ0n) is 14.7. The highest BCUT2D eigenvalue weighted by molar-refractivity contribution is 7.09. The maximum atomic E-state index is 11.6. The van der Waals surface area contributed by atoms with Crippen molar-refractivity contribution in [1.29, 1.82) is 0 Å². The third-order valence-corrected chi connectivity index (χ3v) is 4.94. The van der Waals surface area contributed by atoms with E-state index >= 15 is 0 Å². The van der Waals surface area contributed by atoms with Gasteiger partial charge in [0.2, 0.25) is 5.91 Å². The highest BCUT2D eigenvalue weighted by Crippen LogP contribution is 2.24. The van der Waals surface area contributed by atoms with Crippen LogP contribution in [0.15, 0.2) is 17.5 Å². The standard InChI is InChI=1S/C14H20N2O3S.C2HF3O2/c1-15-9-14(19-8-13(15)17)10-16(4-5-18-11-14)7-12-3-2-6-20-12;3-2(4,5)1(6)7/h2-3,6H,4-5,7-11H2,1H3;(H,6,7). The quantitative estimate of drug-likeness (QED) is 0.795. The van der Waals surface area contributed by atoms with Crippen LogP contribution in [0.2, 0.25) is 0 Å². The molecule has 2 aliphatic heterocycles. The van der Waals surface area contributed by atoms with E-state index in [-0.39, 0.29) is 18.1 Å². The van der Waals surface area contributed by atoms with E-state index < -0.39 is 12.1 Å². The van der Waals surface area contributed by atoms with Crippen LogP contribution in [0.1, 0.15) is 4.88 Å². The van der Waals surface area contributed by atoms with Gasteiger partial charge in [-0.2, -0.15) is 13.2 Å². The Kier molecular flexibility index (Phi) is 7.20. The Morgan fingerprint density at radius 1 is 1.41 bits per heavy atom. The lowest BCUT2D eigenvalue weighted by atomic mass is 10.0. The van der Waals surface area contributed by atoms with Crippen molar-refractivity contribution in [3.05, 3.63) is 22.4 Å². The Morgan fingerprint density at radius 2 is 2.11 bits per heavy atom. The number of morpholine rings is 1. The number of nitrogens with zero attached hydrogens (tertiary/aromatic N) is 2. The van der Waals surface area contributed by atoms with Crippen molar-refractivity contribution < 1.29 is 37.3 Å². The van der Waals surface area contributed by atoms with Crippen LogP contribution in [0.3, 0.4) is 0 Å². The molecular weight excluding hydrogens is 389 g/mol. The van der Waals surface area contributed by atoms with Gasteiger partial charge in [0, 0.05) is 31.6 Å². The molecule has 0 bridgehead atoms. The van der Waals surface area contributed by atoms with Crippen LogP contribution in [0.25, 0.3) is 0 Å². The molecule has 1 amide bonds. The van der Waals surface area contributed by atoms with Gasteiger partial charge in [0.05, 0.1) is 19.8 Å². The predicted molar refractivity (Wildman–Crippen MR) is 90.4 cm³/mol. The fourth-order valence-electron chi connectivity index (χ4n) is 2.82. The number of rotatable bonds is 2. The van der Waals surface area contributed by atoms with Gasteiger partial charge in [-0.05, 0) is 11.4 Å². The van der Waals surface area contributed by atoms with Crippen LogP contribution in [0.4, 0.5) is 13.2 Å². The van der Waals surface area contributed by atoms with Crippen LogP contribution in [-0.4, -0.2) is 85.1 Å². The Labute approximate surface area is 158 Å². The summed E-state index contributed by atoms with van der Waals surface area (Å²) in [6.45, 7) is 4.67. The van der Waals surface area contributed by atoms with Gasteiger partial charge < -0.3 is 19.5 Å². The molecule has 0 aliphatic carbocycles. The molecule has 2 fully saturated rings. The van der Waals surface area contributed by atoms with Gasteiger partial charge in [-0.15, -0.1) is 11.3 Å². The summed E-state index contributed by atoms with van der Waals surface area (Å²) in [4.78, 5) is 26.0. The number of amides is 1. The zero-order valence-corrected chi connectivity index (χ0v) is 15.5. The van der Waals surface area contributed by atoms with E-state index in [4.69, 9.17) is 19.4 Å². The molecule has 2 aliphatic rings. The van der Waals surface area contributed by atoms with Crippen molar-refractivity contribution in [2.45, 2.75) is 18.3 Å². The van der Waals surface area contributed by atoms with Gasteiger partial charge in [0.1, 0.15) is 12.2 Å². The lowest BCUT2D eigenvalue weighted by molar-refractivity contribution is -0.192. The van der Waals surface area contributed by atoms with Gasteiger partial charge in [-0.25, -0.2) is 4.79 Å². The van der Waals surface area contributed by atoms with Crippen LogP contribution < -0.4 is 0 Å². The largest absolute Gasteiger partial charge is 0.490 e. The second kappa shape index (κ2) is 9.00. The molecule has 1 N–H and O–H groups in total. The Hall–Kier alpha value is -1.69. The first-order valence-electron chi connectivity index (χ1n) is 8.12. The fourth-order valence-corrected chi connectivity index (χ4v) is 3.56. The molecule has 0 radical (unpaired) electrons. The number of carboxylic acid groups (broad SMARTS) is 1. The van der Waals surface area contributed by atoms with Crippen LogP contribution in [0.5, 0.6) is 0 Å². The molecule has 1 unspecified atom stereocenters. The molecule has 1 atom stereocenters. The molecule has 1 spiro atoms. The van der Waals surface area contributed by atoms with Crippen molar-refractivity contribution >= 4 is 23.2 Å². The van der Waals surface area contributed by atoms with E-state index in [1.54, 1.807) is 16.2 Å². The number of carbonyl (C=O) groups is 2. The highest BCUT2D eigenvalue weighted by atomic mass is 32.1. The highest BCUT2D eigenvalue weighted by Gasteiger charge is 2.41. The third kappa shape index (κ3) is 6.45. The summed E-state index contributed by atoms with van der Waals surface area (Å²) in [5, 5.41) is 9.23. The second-order valence-corrected chi connectivity index (χ2v) is 7.40. The zero-order chi connectivity index (χ0) is 20.1. The van der Waals surface area contributed by atoms with Gasteiger partial charge in [-0.1, -0.05) is 6.07 Å². The number of ether oxygens (including phenoxy) is 2. The van der Waals surface area contributed by atoms with E-state index in [2.05, 4.69) is 22.4 Å². The predicted octanol–water partition coefficient (Wildman–Crippen LogP) is 1.44. The van der Waals surface area contributed by atoms with Gasteiger partial charge in [0.25, 0.3) is 0 Å². The van der Waals surface area contributed by atoms with Crippen molar-refractivity contribution in [2.75, 3.05) is 46.5 Å². The Bertz CT molecular complexity index is 641. The Balaban J connectivity index is 0.000000321. The van der Waals surface area contributed by atoms with E-state index in [1.165, 1.54) is 4.88 Å². The average Bonchev–Trinajstić information content (AvgIpc) is 3.00. The summed E-state index contributed by atoms with van der Waals surface area (Å²) in [5.41, 5.74) is -0.379. The first kappa shape index (κ1) is 21.6. The first-order chi connectivity index (χ1) is 12.6. The minimum absolute atomic E-state index is 0.0460. The number of hydrogen-bond acceptors (Lipinski definition) is 6. The topological polar surface area (TPSA) is 79.3 Å². The average molecular weight is 410 g/mol. The van der Waals surface area contributed by atoms with Crippen molar-refractivity contribution in [2.24, 2.45) is 0 Å². The number of hydrogen-bond donors (Lipinski definition) is 1. The molecule has 27 heavy (non-hydrogen) atoms. The fraction of sp³-hybridized carbons (Fsp3) is 0.625. The van der Waals surface area contributed by atoms with Crippen molar-refractivity contribution in [3.63, 3.8) is 0 Å². The number of aliphatic carboxylic acids is 1. The van der Waals surface area contributed by atoms with E-state index in [1.807, 2.05) is 7.05 Å². The van der Waals surface area contributed by atoms with Crippen molar-refractivity contribution in [3.8, 4) is 0 Å². The molecule has 7 nitrogen and oxygen atoms in total. The number of alkyl halides is 3. The number of carbonyl (C=O) groups excluding carboxylic acids is 1. The molecule has 0 aromatic carbocycles. The minimum Gasteiger partial charge on any atom is -0.475 e. The number of likely N-dealkylation sites (N-methyl/N-ethyl adjacent to an activating group) is 1. The summed E-state index contributed by atoms with van der Waals surface area (Å²) >= 11 is 1.77. The monoisotopic (exact) mass is 410 g/mol. The normalized spacial score (nSPS) is 24.3. The smallest absolute Gasteiger partial charge is 0.475 e. The molecular formula is C16H21F3N2O5S. The molecule has 1 aromatic rings. The molecule has 3 rings (SSSR count). The summed E-state index contributed by atoms with van der Waals surface area (Å²) in [5.74, 6) is -2.71. The molecule has 0 saturated carbocycles. The lowest BCUT2D eigenvalue weighted by Crippen LogP contribution is -2.59. The minimum atomic E-state index is -5.08. The maximum Gasteiger partial charge on any atom is 0.490 e. The van der Waals surface area contributed by atoms with Crippen LogP contribution >= 0.6 is 11.3 Å². The number of carboxylic acids is 1. The van der Waals surface area contributed by atoms with Gasteiger partial charge in [-0.3, -0.25) is 9.69 Å². The van der Waals surface area contributed by atoms with Gasteiger partial charge in [0.15, 0.2) is 0 Å². The molecule has 1 aromatic heterocycles. The van der Waals surface area contributed by atoms with Crippen LogP contribution in [0, 0.1) is 0 Å².